The number of ether oxygens (including phenoxy) is 1. The summed E-state index contributed by atoms with van der Waals surface area (Å²) in [7, 11) is 0. The van der Waals surface area contributed by atoms with E-state index in [0.29, 0.717) is 6.04 Å². The van der Waals surface area contributed by atoms with Gasteiger partial charge in [-0.15, -0.1) is 0 Å². The first-order valence-corrected chi connectivity index (χ1v) is 10.3. The molecule has 27 heavy (non-hydrogen) atoms. The van der Waals surface area contributed by atoms with Crippen molar-refractivity contribution in [3.05, 3.63) is 41.1 Å². The Morgan fingerprint density at radius 2 is 2.00 bits per heavy atom. The quantitative estimate of drug-likeness (QED) is 0.834. The lowest BCUT2D eigenvalue weighted by atomic mass is 10.0. The van der Waals surface area contributed by atoms with E-state index in [1.807, 2.05) is 0 Å². The van der Waals surface area contributed by atoms with Crippen molar-refractivity contribution in [3.8, 4) is 11.3 Å². The van der Waals surface area contributed by atoms with Crippen LogP contribution >= 0.6 is 0 Å². The molecule has 0 bridgehead atoms. The Labute approximate surface area is 161 Å². The lowest BCUT2D eigenvalue weighted by Crippen LogP contribution is -2.46. The third kappa shape index (κ3) is 3.34. The molecule has 3 heterocycles. The van der Waals surface area contributed by atoms with Gasteiger partial charge in [0.25, 0.3) is 0 Å². The number of hydrogen-bond donors (Lipinski definition) is 0. The summed E-state index contributed by atoms with van der Waals surface area (Å²) in [5, 5.41) is 0. The van der Waals surface area contributed by atoms with Gasteiger partial charge in [0.15, 0.2) is 0 Å². The molecule has 2 fully saturated rings. The minimum Gasteiger partial charge on any atom is -0.379 e. The molecular weight excluding hydrogens is 336 g/mol. The Kier molecular flexibility index (Phi) is 4.58. The van der Waals surface area contributed by atoms with Gasteiger partial charge in [0, 0.05) is 49.0 Å². The van der Waals surface area contributed by atoms with Crippen LogP contribution < -0.4 is 4.90 Å². The molecule has 0 N–H and O–H groups in total. The Bertz CT molecular complexity index is 831. The van der Waals surface area contributed by atoms with Gasteiger partial charge >= 0.3 is 0 Å². The molecular formula is C22H28N4O. The molecule has 1 aliphatic carbocycles. The predicted molar refractivity (Wildman–Crippen MR) is 107 cm³/mol. The van der Waals surface area contributed by atoms with E-state index in [2.05, 4.69) is 41.0 Å². The number of aromatic nitrogens is 2. The third-order valence-corrected chi connectivity index (χ3v) is 6.21. The highest BCUT2D eigenvalue weighted by Crippen LogP contribution is 2.34. The van der Waals surface area contributed by atoms with Gasteiger partial charge in [-0.2, -0.15) is 0 Å². The molecule has 2 saturated heterocycles. The van der Waals surface area contributed by atoms with Crippen molar-refractivity contribution in [1.29, 1.82) is 0 Å². The van der Waals surface area contributed by atoms with E-state index >= 15 is 0 Å². The second-order valence-electron chi connectivity index (χ2n) is 8.07. The average Bonchev–Trinajstić information content (AvgIpc) is 3.16. The smallest absolute Gasteiger partial charge is 0.226 e. The van der Waals surface area contributed by atoms with Crippen molar-refractivity contribution in [2.75, 3.05) is 37.7 Å². The normalized spacial score (nSPS) is 22.6. The molecule has 0 radical (unpaired) electrons. The second kappa shape index (κ2) is 7.21. The number of hydrogen-bond acceptors (Lipinski definition) is 5. The minimum absolute atomic E-state index is 0.560. The van der Waals surface area contributed by atoms with Crippen LogP contribution in [0.4, 0.5) is 5.95 Å². The van der Waals surface area contributed by atoms with Gasteiger partial charge < -0.3 is 9.64 Å². The first-order valence-electron chi connectivity index (χ1n) is 10.3. The van der Waals surface area contributed by atoms with Crippen LogP contribution in [-0.4, -0.2) is 53.8 Å². The number of anilines is 1. The second-order valence-corrected chi connectivity index (χ2v) is 8.07. The van der Waals surface area contributed by atoms with Crippen LogP contribution in [0.2, 0.25) is 0 Å². The lowest BCUT2D eigenvalue weighted by Gasteiger charge is -2.39. The molecule has 1 atom stereocenters. The predicted octanol–water partition coefficient (Wildman–Crippen LogP) is 3.06. The molecule has 2 aliphatic heterocycles. The summed E-state index contributed by atoms with van der Waals surface area (Å²) in [5.41, 5.74) is 6.41. The van der Waals surface area contributed by atoms with Crippen molar-refractivity contribution in [3.63, 3.8) is 0 Å². The molecule has 0 spiro atoms. The molecule has 0 amide bonds. The average molecular weight is 364 g/mol. The minimum atomic E-state index is 0.560. The van der Waals surface area contributed by atoms with Crippen LogP contribution in [0.5, 0.6) is 0 Å². The highest BCUT2D eigenvalue weighted by molar-refractivity contribution is 5.67. The number of morpholine rings is 1. The summed E-state index contributed by atoms with van der Waals surface area (Å²) in [6.45, 7) is 8.06. The summed E-state index contributed by atoms with van der Waals surface area (Å²) < 4.78 is 5.48. The number of aryl methyl sites for hydroxylation is 1. The summed E-state index contributed by atoms with van der Waals surface area (Å²) in [6.07, 6.45) is 4.63. The van der Waals surface area contributed by atoms with Crippen molar-refractivity contribution in [2.45, 2.75) is 45.2 Å². The SMILES string of the molecule is C[C@H]1CCN1c1nc2c(c(-c3cccc(CN4CCOCC4)c3)n1)CCC2. The molecule has 2 aromatic rings. The third-order valence-electron chi connectivity index (χ3n) is 6.21. The van der Waals surface area contributed by atoms with E-state index in [9.17, 15) is 0 Å². The summed E-state index contributed by atoms with van der Waals surface area (Å²) in [4.78, 5) is 14.8. The van der Waals surface area contributed by atoms with Crippen LogP contribution in [0.1, 0.15) is 36.6 Å². The van der Waals surface area contributed by atoms with E-state index < -0.39 is 0 Å². The summed E-state index contributed by atoms with van der Waals surface area (Å²) >= 11 is 0. The zero-order valence-electron chi connectivity index (χ0n) is 16.2. The lowest BCUT2D eigenvalue weighted by molar-refractivity contribution is 0.0342. The molecule has 1 aromatic carbocycles. The van der Waals surface area contributed by atoms with Gasteiger partial charge in [-0.3, -0.25) is 4.90 Å². The first kappa shape index (κ1) is 17.1. The number of fused-ring (bicyclic) bond motifs is 1. The number of rotatable bonds is 4. The van der Waals surface area contributed by atoms with Gasteiger partial charge in [-0.25, -0.2) is 9.97 Å². The van der Waals surface area contributed by atoms with Crippen molar-refractivity contribution in [2.24, 2.45) is 0 Å². The fraction of sp³-hybridized carbons (Fsp3) is 0.545. The topological polar surface area (TPSA) is 41.5 Å². The van der Waals surface area contributed by atoms with Crippen LogP contribution in [-0.2, 0) is 24.1 Å². The van der Waals surface area contributed by atoms with Crippen molar-refractivity contribution in [1.82, 2.24) is 14.9 Å². The zero-order chi connectivity index (χ0) is 18.2. The molecule has 0 saturated carbocycles. The van der Waals surface area contributed by atoms with E-state index in [-0.39, 0.29) is 0 Å². The molecule has 3 aliphatic rings. The Morgan fingerprint density at radius 3 is 2.78 bits per heavy atom. The molecule has 0 unspecified atom stereocenters. The van der Waals surface area contributed by atoms with Gasteiger partial charge in [0.2, 0.25) is 5.95 Å². The highest BCUT2D eigenvalue weighted by atomic mass is 16.5. The van der Waals surface area contributed by atoms with Crippen LogP contribution in [0.15, 0.2) is 24.3 Å². The summed E-state index contributed by atoms with van der Waals surface area (Å²) in [6, 6.07) is 9.52. The molecule has 142 valence electrons. The number of benzene rings is 1. The monoisotopic (exact) mass is 364 g/mol. The van der Waals surface area contributed by atoms with Gasteiger partial charge in [0.1, 0.15) is 0 Å². The fourth-order valence-electron chi connectivity index (χ4n) is 4.43. The van der Waals surface area contributed by atoms with Crippen LogP contribution in [0.25, 0.3) is 11.3 Å². The van der Waals surface area contributed by atoms with E-state index in [0.717, 1.165) is 63.9 Å². The summed E-state index contributed by atoms with van der Waals surface area (Å²) in [5.74, 6) is 0.933. The van der Waals surface area contributed by atoms with Gasteiger partial charge in [-0.05, 0) is 44.2 Å². The highest BCUT2D eigenvalue weighted by Gasteiger charge is 2.29. The number of nitrogens with zero attached hydrogens (tertiary/aromatic N) is 4. The molecule has 5 heteroatoms. The van der Waals surface area contributed by atoms with E-state index in [1.165, 1.54) is 35.2 Å². The van der Waals surface area contributed by atoms with Crippen LogP contribution in [0, 0.1) is 0 Å². The largest absolute Gasteiger partial charge is 0.379 e. The molecule has 5 rings (SSSR count). The zero-order valence-corrected chi connectivity index (χ0v) is 16.2. The van der Waals surface area contributed by atoms with Gasteiger partial charge in [0.05, 0.1) is 18.9 Å². The maximum Gasteiger partial charge on any atom is 0.226 e. The maximum absolute atomic E-state index is 5.48. The van der Waals surface area contributed by atoms with Crippen molar-refractivity contribution < 1.29 is 4.74 Å². The first-order chi connectivity index (χ1) is 13.3. The molecule has 5 nitrogen and oxygen atoms in total. The van der Waals surface area contributed by atoms with E-state index in [4.69, 9.17) is 14.7 Å². The van der Waals surface area contributed by atoms with Gasteiger partial charge in [-0.1, -0.05) is 18.2 Å². The standard InChI is InChI=1S/C22H28N4O/c1-16-8-9-26(16)22-23-20-7-3-6-19(20)21(24-22)18-5-2-4-17(14-18)15-25-10-12-27-13-11-25/h2,4-5,14,16H,3,6-13,15H2,1H3/t16-/m0/s1. The Hall–Kier alpha value is -1.98. The molecule has 1 aromatic heterocycles. The van der Waals surface area contributed by atoms with Crippen molar-refractivity contribution >= 4 is 5.95 Å². The van der Waals surface area contributed by atoms with Crippen LogP contribution in [0.3, 0.4) is 0 Å². The van der Waals surface area contributed by atoms with E-state index in [1.54, 1.807) is 0 Å². The Morgan fingerprint density at radius 1 is 1.11 bits per heavy atom. The maximum atomic E-state index is 5.48. The fourth-order valence-corrected chi connectivity index (χ4v) is 4.43. The Balaban J connectivity index is 1.47.